The lowest BCUT2D eigenvalue weighted by Crippen LogP contribution is -2.45. The van der Waals surface area contributed by atoms with Gasteiger partial charge in [0.05, 0.1) is 10.6 Å². The van der Waals surface area contributed by atoms with Gasteiger partial charge < -0.3 is 9.64 Å². The molecule has 0 bridgehead atoms. The molecule has 1 aliphatic rings. The van der Waals surface area contributed by atoms with E-state index < -0.39 is 10.0 Å². The van der Waals surface area contributed by atoms with E-state index in [0.717, 1.165) is 31.4 Å². The molecule has 1 saturated heterocycles. The van der Waals surface area contributed by atoms with E-state index in [0.29, 0.717) is 17.5 Å². The van der Waals surface area contributed by atoms with E-state index in [4.69, 9.17) is 4.74 Å². The van der Waals surface area contributed by atoms with Gasteiger partial charge >= 0.3 is 0 Å². The fourth-order valence-corrected chi connectivity index (χ4v) is 4.94. The number of carbonyl (C=O) groups excluding carboxylic acids is 1. The molecule has 1 aliphatic heterocycles. The summed E-state index contributed by atoms with van der Waals surface area (Å²) in [4.78, 5) is 14.7. The number of nitrogens with zero attached hydrogens (tertiary/aromatic N) is 2. The Morgan fingerprint density at radius 3 is 2.40 bits per heavy atom. The summed E-state index contributed by atoms with van der Waals surface area (Å²) >= 11 is 0. The van der Waals surface area contributed by atoms with Crippen molar-refractivity contribution < 1.29 is 17.9 Å². The van der Waals surface area contributed by atoms with Crippen molar-refractivity contribution in [1.29, 1.82) is 0 Å². The largest absolute Gasteiger partial charge is 0.484 e. The number of sulfonamides is 1. The molecule has 0 aromatic heterocycles. The minimum Gasteiger partial charge on any atom is -0.484 e. The summed E-state index contributed by atoms with van der Waals surface area (Å²) in [6.07, 6.45) is 4.23. The maximum atomic E-state index is 12.8. The molecule has 7 heteroatoms. The topological polar surface area (TPSA) is 66.9 Å². The first-order chi connectivity index (χ1) is 14.3. The Balaban J connectivity index is 1.63. The number of aryl methyl sites for hydroxylation is 1. The Labute approximate surface area is 179 Å². The summed E-state index contributed by atoms with van der Waals surface area (Å²) in [5.74, 6) is 0.544. The van der Waals surface area contributed by atoms with Crippen LogP contribution in [0.4, 0.5) is 5.69 Å². The Kier molecular flexibility index (Phi) is 7.02. The van der Waals surface area contributed by atoms with Crippen molar-refractivity contribution in [3.63, 3.8) is 0 Å². The second kappa shape index (κ2) is 9.51. The number of rotatable bonds is 7. The molecule has 0 spiro atoms. The van der Waals surface area contributed by atoms with Crippen LogP contribution in [0.5, 0.6) is 5.75 Å². The summed E-state index contributed by atoms with van der Waals surface area (Å²) in [5.41, 5.74) is 1.53. The molecule has 30 heavy (non-hydrogen) atoms. The highest BCUT2D eigenvalue weighted by atomic mass is 32.2. The number of benzene rings is 2. The first kappa shape index (κ1) is 22.2. The number of amides is 1. The summed E-state index contributed by atoms with van der Waals surface area (Å²) in [6, 6.07) is 13.8. The van der Waals surface area contributed by atoms with E-state index in [1.807, 2.05) is 11.8 Å². The van der Waals surface area contributed by atoms with E-state index >= 15 is 0 Å². The van der Waals surface area contributed by atoms with Gasteiger partial charge in [0.15, 0.2) is 6.61 Å². The average Bonchev–Trinajstić information content (AvgIpc) is 2.77. The molecule has 6 nitrogen and oxygen atoms in total. The summed E-state index contributed by atoms with van der Waals surface area (Å²) in [6.45, 7) is 4.81. The van der Waals surface area contributed by atoms with Gasteiger partial charge in [0.25, 0.3) is 15.9 Å². The van der Waals surface area contributed by atoms with Crippen LogP contribution in [0.2, 0.25) is 0 Å². The standard InChI is InChI=1S/C23H30N2O4S/c1-4-19-7-5-6-16-25(19)23(26)17-29-21-12-10-20(11-13-21)24(3)30(27,28)22-14-8-18(2)9-15-22/h8-15,19H,4-7,16-17H2,1-3H3/t19-/m0/s1. The van der Waals surface area contributed by atoms with Crippen molar-refractivity contribution in [2.24, 2.45) is 0 Å². The molecule has 0 unspecified atom stereocenters. The lowest BCUT2D eigenvalue weighted by Gasteiger charge is -2.35. The molecule has 1 heterocycles. The monoisotopic (exact) mass is 430 g/mol. The van der Waals surface area contributed by atoms with Crippen molar-refractivity contribution in [2.75, 3.05) is 24.5 Å². The highest BCUT2D eigenvalue weighted by Crippen LogP contribution is 2.25. The third-order valence-electron chi connectivity index (χ3n) is 5.66. The maximum absolute atomic E-state index is 12.8. The molecule has 0 N–H and O–H groups in total. The van der Waals surface area contributed by atoms with E-state index in [1.165, 1.54) is 17.8 Å². The molecule has 2 aromatic rings. The minimum absolute atomic E-state index is 0.00435. The first-order valence-corrected chi connectivity index (χ1v) is 11.8. The van der Waals surface area contributed by atoms with Gasteiger partial charge in [-0.1, -0.05) is 24.6 Å². The van der Waals surface area contributed by atoms with Crippen LogP contribution < -0.4 is 9.04 Å². The fraction of sp³-hybridized carbons (Fsp3) is 0.435. The first-order valence-electron chi connectivity index (χ1n) is 10.4. The van der Waals surface area contributed by atoms with Gasteiger partial charge in [-0.3, -0.25) is 9.10 Å². The smallest absolute Gasteiger partial charge is 0.264 e. The number of likely N-dealkylation sites (tertiary alicyclic amines) is 1. The maximum Gasteiger partial charge on any atom is 0.264 e. The summed E-state index contributed by atoms with van der Waals surface area (Å²) < 4.78 is 32.6. The van der Waals surface area contributed by atoms with Crippen molar-refractivity contribution in [1.82, 2.24) is 4.90 Å². The Hall–Kier alpha value is -2.54. The van der Waals surface area contributed by atoms with Gasteiger partial charge in [-0.05, 0) is 69.0 Å². The van der Waals surface area contributed by atoms with Crippen LogP contribution in [0.3, 0.4) is 0 Å². The van der Waals surface area contributed by atoms with Gasteiger partial charge in [-0.2, -0.15) is 0 Å². The van der Waals surface area contributed by atoms with Gasteiger partial charge in [0.2, 0.25) is 0 Å². The molecule has 3 rings (SSSR count). The zero-order chi connectivity index (χ0) is 21.7. The molecule has 162 valence electrons. The zero-order valence-electron chi connectivity index (χ0n) is 17.9. The molecule has 0 saturated carbocycles. The quantitative estimate of drug-likeness (QED) is 0.666. The van der Waals surface area contributed by atoms with Crippen LogP contribution in [0.25, 0.3) is 0 Å². The zero-order valence-corrected chi connectivity index (χ0v) is 18.7. The van der Waals surface area contributed by atoms with Crippen LogP contribution in [-0.4, -0.2) is 45.5 Å². The molecule has 1 amide bonds. The summed E-state index contributed by atoms with van der Waals surface area (Å²) in [5, 5.41) is 0. The highest BCUT2D eigenvalue weighted by Gasteiger charge is 2.25. The lowest BCUT2D eigenvalue weighted by atomic mass is 10.00. The third kappa shape index (κ3) is 4.95. The van der Waals surface area contributed by atoms with Crippen LogP contribution in [0.1, 0.15) is 38.2 Å². The molecular weight excluding hydrogens is 400 g/mol. The average molecular weight is 431 g/mol. The molecule has 0 aliphatic carbocycles. The van der Waals surface area contributed by atoms with Crippen molar-refractivity contribution in [3.05, 3.63) is 54.1 Å². The van der Waals surface area contributed by atoms with Gasteiger partial charge in [0, 0.05) is 19.6 Å². The van der Waals surface area contributed by atoms with Crippen molar-refractivity contribution in [3.8, 4) is 5.75 Å². The molecule has 1 atom stereocenters. The summed E-state index contributed by atoms with van der Waals surface area (Å²) in [7, 11) is -2.12. The van der Waals surface area contributed by atoms with Gasteiger partial charge in [-0.25, -0.2) is 8.42 Å². The second-order valence-corrected chi connectivity index (χ2v) is 9.68. The Bertz CT molecular complexity index is 956. The third-order valence-corrected chi connectivity index (χ3v) is 7.46. The predicted molar refractivity (Wildman–Crippen MR) is 118 cm³/mol. The van der Waals surface area contributed by atoms with Crippen LogP contribution in [-0.2, 0) is 14.8 Å². The number of piperidine rings is 1. The number of anilines is 1. The van der Waals surface area contributed by atoms with Crippen LogP contribution >= 0.6 is 0 Å². The fourth-order valence-electron chi connectivity index (χ4n) is 3.74. The van der Waals surface area contributed by atoms with Crippen molar-refractivity contribution in [2.45, 2.75) is 50.5 Å². The second-order valence-electron chi connectivity index (χ2n) is 7.71. The predicted octanol–water partition coefficient (Wildman–Crippen LogP) is 3.99. The molecule has 2 aromatic carbocycles. The number of carbonyl (C=O) groups is 1. The van der Waals surface area contributed by atoms with Crippen molar-refractivity contribution >= 4 is 21.6 Å². The minimum atomic E-state index is -3.64. The number of hydrogen-bond acceptors (Lipinski definition) is 4. The normalized spacial score (nSPS) is 16.9. The SMILES string of the molecule is CC[C@H]1CCCCN1C(=O)COc1ccc(N(C)S(=O)(=O)c2ccc(C)cc2)cc1. The Morgan fingerprint density at radius 2 is 1.77 bits per heavy atom. The van der Waals surface area contributed by atoms with E-state index in [-0.39, 0.29) is 17.4 Å². The highest BCUT2D eigenvalue weighted by molar-refractivity contribution is 7.92. The van der Waals surface area contributed by atoms with E-state index in [2.05, 4.69) is 6.92 Å². The molecule has 0 radical (unpaired) electrons. The Morgan fingerprint density at radius 1 is 1.10 bits per heavy atom. The number of ether oxygens (including phenoxy) is 1. The van der Waals surface area contributed by atoms with Crippen LogP contribution in [0.15, 0.2) is 53.4 Å². The molecular formula is C23H30N2O4S. The number of hydrogen-bond donors (Lipinski definition) is 0. The van der Waals surface area contributed by atoms with Gasteiger partial charge in [0.1, 0.15) is 5.75 Å². The molecule has 1 fully saturated rings. The van der Waals surface area contributed by atoms with Crippen LogP contribution in [0, 0.1) is 6.92 Å². The van der Waals surface area contributed by atoms with E-state index in [1.54, 1.807) is 48.5 Å². The lowest BCUT2D eigenvalue weighted by molar-refractivity contribution is -0.137. The van der Waals surface area contributed by atoms with Gasteiger partial charge in [-0.15, -0.1) is 0 Å². The van der Waals surface area contributed by atoms with E-state index in [9.17, 15) is 13.2 Å².